The second-order valence-electron chi connectivity index (χ2n) is 3.60. The predicted molar refractivity (Wildman–Crippen MR) is 59.6 cm³/mol. The summed E-state index contributed by atoms with van der Waals surface area (Å²) >= 11 is 5.19. The fourth-order valence-corrected chi connectivity index (χ4v) is 1.40. The normalized spacial score (nSPS) is 11.1. The minimum absolute atomic E-state index is 0.772. The molecule has 0 aromatic carbocycles. The number of unbranched alkanes of at least 4 members (excludes halogenated alkanes) is 1. The molecule has 0 atom stereocenters. The first-order chi connectivity index (χ1) is 6.65. The zero-order chi connectivity index (χ0) is 10.6. The van der Waals surface area contributed by atoms with E-state index in [0.717, 1.165) is 18.0 Å². The third-order valence-electron chi connectivity index (χ3n) is 2.16. The Kier molecular flexibility index (Phi) is 4.28. The Morgan fingerprint density at radius 1 is 1.57 bits per heavy atom. The smallest absolute Gasteiger partial charge is 0.198 e. The summed E-state index contributed by atoms with van der Waals surface area (Å²) in [6, 6.07) is 0. The molecule has 0 amide bonds. The first-order valence-electron chi connectivity index (χ1n) is 4.92. The lowest BCUT2D eigenvalue weighted by molar-refractivity contribution is 0.248. The monoisotopic (exact) mass is 214 g/mol. The number of nitrogens with zero attached hydrogens (tertiary/aromatic N) is 4. The van der Waals surface area contributed by atoms with Gasteiger partial charge in [0.05, 0.1) is 6.67 Å². The van der Waals surface area contributed by atoms with Gasteiger partial charge in [0.2, 0.25) is 0 Å². The second kappa shape index (κ2) is 5.26. The van der Waals surface area contributed by atoms with Gasteiger partial charge in [-0.3, -0.25) is 4.90 Å². The highest BCUT2D eigenvalue weighted by Gasteiger charge is 2.01. The van der Waals surface area contributed by atoms with Crippen LogP contribution in [-0.4, -0.2) is 32.8 Å². The average molecular weight is 214 g/mol. The standard InChI is InChI=1S/C9H18N4S/c1-4-5-6-11(2)8-13-9(14)12(3)7-10-13/h7H,4-6,8H2,1-3H3. The van der Waals surface area contributed by atoms with E-state index < -0.39 is 0 Å². The molecule has 0 aliphatic rings. The van der Waals surface area contributed by atoms with Gasteiger partial charge in [0.15, 0.2) is 4.77 Å². The summed E-state index contributed by atoms with van der Waals surface area (Å²) in [5.74, 6) is 0. The van der Waals surface area contributed by atoms with Crippen molar-refractivity contribution in [1.82, 2.24) is 19.2 Å². The van der Waals surface area contributed by atoms with Gasteiger partial charge in [-0.05, 0) is 32.2 Å². The van der Waals surface area contributed by atoms with E-state index in [0.29, 0.717) is 0 Å². The van der Waals surface area contributed by atoms with Crippen LogP contribution >= 0.6 is 12.2 Å². The van der Waals surface area contributed by atoms with Gasteiger partial charge in [-0.2, -0.15) is 5.10 Å². The van der Waals surface area contributed by atoms with Gasteiger partial charge in [0.25, 0.3) is 0 Å². The van der Waals surface area contributed by atoms with Crippen molar-refractivity contribution in [2.45, 2.75) is 26.4 Å². The fourth-order valence-electron chi connectivity index (χ4n) is 1.25. The molecular formula is C9H18N4S. The summed E-state index contributed by atoms with van der Waals surface area (Å²) < 4.78 is 4.46. The van der Waals surface area contributed by atoms with Crippen molar-refractivity contribution in [3.05, 3.63) is 11.1 Å². The van der Waals surface area contributed by atoms with E-state index in [-0.39, 0.29) is 0 Å². The van der Waals surface area contributed by atoms with Crippen LogP contribution in [0.5, 0.6) is 0 Å². The average Bonchev–Trinajstić information content (AvgIpc) is 2.46. The lowest BCUT2D eigenvalue weighted by Gasteiger charge is -2.15. The third kappa shape index (κ3) is 2.92. The minimum Gasteiger partial charge on any atom is -0.310 e. The second-order valence-corrected chi connectivity index (χ2v) is 3.96. The Bertz CT molecular complexity index is 328. The van der Waals surface area contributed by atoms with Crippen LogP contribution < -0.4 is 0 Å². The van der Waals surface area contributed by atoms with Gasteiger partial charge in [-0.15, -0.1) is 0 Å². The maximum absolute atomic E-state index is 5.19. The van der Waals surface area contributed by atoms with Crippen LogP contribution in [0.4, 0.5) is 0 Å². The van der Waals surface area contributed by atoms with E-state index >= 15 is 0 Å². The van der Waals surface area contributed by atoms with Crippen LogP contribution in [0.15, 0.2) is 6.33 Å². The van der Waals surface area contributed by atoms with Gasteiger partial charge >= 0.3 is 0 Å². The molecule has 5 heteroatoms. The lowest BCUT2D eigenvalue weighted by Crippen LogP contribution is -2.23. The van der Waals surface area contributed by atoms with Gasteiger partial charge in [-0.25, -0.2) is 4.68 Å². The summed E-state index contributed by atoms with van der Waals surface area (Å²) in [4.78, 5) is 2.23. The van der Waals surface area contributed by atoms with Gasteiger partial charge in [-0.1, -0.05) is 13.3 Å². The van der Waals surface area contributed by atoms with E-state index in [1.165, 1.54) is 12.8 Å². The third-order valence-corrected chi connectivity index (χ3v) is 2.65. The highest BCUT2D eigenvalue weighted by atomic mass is 32.1. The fraction of sp³-hybridized carbons (Fsp3) is 0.778. The molecule has 80 valence electrons. The molecule has 0 aliphatic heterocycles. The molecule has 0 bridgehead atoms. The zero-order valence-corrected chi connectivity index (χ0v) is 9.92. The van der Waals surface area contributed by atoms with Crippen LogP contribution in [-0.2, 0) is 13.7 Å². The molecule has 1 aromatic rings. The van der Waals surface area contributed by atoms with E-state index in [9.17, 15) is 0 Å². The highest BCUT2D eigenvalue weighted by molar-refractivity contribution is 7.71. The lowest BCUT2D eigenvalue weighted by atomic mass is 10.3. The summed E-state index contributed by atoms with van der Waals surface area (Å²) in [5, 5.41) is 4.20. The molecule has 14 heavy (non-hydrogen) atoms. The van der Waals surface area contributed by atoms with E-state index in [1.807, 2.05) is 16.3 Å². The van der Waals surface area contributed by atoms with Gasteiger partial charge < -0.3 is 4.57 Å². The summed E-state index contributed by atoms with van der Waals surface area (Å²) in [5.41, 5.74) is 0. The summed E-state index contributed by atoms with van der Waals surface area (Å²) in [6.07, 6.45) is 4.19. The molecule has 1 rings (SSSR count). The van der Waals surface area contributed by atoms with E-state index in [1.54, 1.807) is 6.33 Å². The van der Waals surface area contributed by atoms with Crippen molar-refractivity contribution in [3.63, 3.8) is 0 Å². The summed E-state index contributed by atoms with van der Waals surface area (Å²) in [7, 11) is 4.00. The molecule has 0 fully saturated rings. The Morgan fingerprint density at radius 3 is 2.79 bits per heavy atom. The van der Waals surface area contributed by atoms with Gasteiger partial charge in [0.1, 0.15) is 6.33 Å². The maximum Gasteiger partial charge on any atom is 0.198 e. The Labute approximate surface area is 90.1 Å². The first-order valence-corrected chi connectivity index (χ1v) is 5.33. The van der Waals surface area contributed by atoms with Crippen molar-refractivity contribution >= 4 is 12.2 Å². The van der Waals surface area contributed by atoms with Crippen molar-refractivity contribution in [2.75, 3.05) is 13.6 Å². The van der Waals surface area contributed by atoms with Crippen molar-refractivity contribution in [3.8, 4) is 0 Å². The first kappa shape index (κ1) is 11.4. The molecule has 4 nitrogen and oxygen atoms in total. The number of rotatable bonds is 5. The largest absolute Gasteiger partial charge is 0.310 e. The Balaban J connectivity index is 2.52. The molecular weight excluding hydrogens is 196 g/mol. The van der Waals surface area contributed by atoms with Crippen LogP contribution in [0, 0.1) is 4.77 Å². The maximum atomic E-state index is 5.19. The Morgan fingerprint density at radius 2 is 2.29 bits per heavy atom. The molecule has 0 aliphatic carbocycles. The number of hydrogen-bond donors (Lipinski definition) is 0. The molecule has 0 spiro atoms. The van der Waals surface area contributed by atoms with Crippen LogP contribution in [0.2, 0.25) is 0 Å². The Hall–Kier alpha value is -0.680. The topological polar surface area (TPSA) is 26.0 Å². The molecule has 0 N–H and O–H groups in total. The highest BCUT2D eigenvalue weighted by Crippen LogP contribution is 1.96. The van der Waals surface area contributed by atoms with Crippen molar-refractivity contribution < 1.29 is 0 Å². The van der Waals surface area contributed by atoms with Crippen LogP contribution in [0.3, 0.4) is 0 Å². The molecule has 0 radical (unpaired) electrons. The molecule has 1 heterocycles. The minimum atomic E-state index is 0.772. The molecule has 0 unspecified atom stereocenters. The molecule has 0 saturated carbocycles. The SMILES string of the molecule is CCCCN(C)Cn1ncn(C)c1=S. The quantitative estimate of drug-likeness (QED) is 0.697. The number of aryl methyl sites for hydroxylation is 1. The zero-order valence-electron chi connectivity index (χ0n) is 9.10. The molecule has 1 aromatic heterocycles. The van der Waals surface area contributed by atoms with Gasteiger partial charge in [0, 0.05) is 7.05 Å². The van der Waals surface area contributed by atoms with Crippen LogP contribution in [0.1, 0.15) is 19.8 Å². The number of aromatic nitrogens is 3. The van der Waals surface area contributed by atoms with Crippen LogP contribution in [0.25, 0.3) is 0 Å². The van der Waals surface area contributed by atoms with Crippen molar-refractivity contribution in [1.29, 1.82) is 0 Å². The van der Waals surface area contributed by atoms with E-state index in [2.05, 4.69) is 24.0 Å². The number of hydrogen-bond acceptors (Lipinski definition) is 3. The van der Waals surface area contributed by atoms with Crippen molar-refractivity contribution in [2.24, 2.45) is 7.05 Å². The molecule has 0 saturated heterocycles. The predicted octanol–water partition coefficient (Wildman–Crippen LogP) is 1.64. The summed E-state index contributed by atoms with van der Waals surface area (Å²) in [6.45, 7) is 4.06. The van der Waals surface area contributed by atoms with E-state index in [4.69, 9.17) is 12.2 Å².